The Bertz CT molecular complexity index is 363. The lowest BCUT2D eigenvalue weighted by molar-refractivity contribution is 0.0146. The molecule has 1 fully saturated rings. The van der Waals surface area contributed by atoms with Gasteiger partial charge in [0, 0.05) is 25.2 Å². The molecule has 1 rings (SSSR count). The van der Waals surface area contributed by atoms with E-state index in [4.69, 9.17) is 4.74 Å². The van der Waals surface area contributed by atoms with Crippen LogP contribution in [0.2, 0.25) is 0 Å². The van der Waals surface area contributed by atoms with E-state index < -0.39 is 5.60 Å². The summed E-state index contributed by atoms with van der Waals surface area (Å²) in [5.74, 6) is 0.493. The summed E-state index contributed by atoms with van der Waals surface area (Å²) in [5, 5.41) is 3.67. The van der Waals surface area contributed by atoms with Crippen LogP contribution in [0.1, 0.15) is 60.3 Å². The third kappa shape index (κ3) is 6.82. The van der Waals surface area contributed by atoms with Gasteiger partial charge in [0.2, 0.25) is 0 Å². The van der Waals surface area contributed by atoms with Crippen molar-refractivity contribution in [2.45, 2.75) is 78.0 Å². The van der Waals surface area contributed by atoms with Gasteiger partial charge in [0.05, 0.1) is 0 Å². The van der Waals surface area contributed by atoms with Crippen LogP contribution in [-0.2, 0) is 4.74 Å². The van der Waals surface area contributed by atoms with Crippen molar-refractivity contribution in [2.75, 3.05) is 13.1 Å². The fraction of sp³-hybridized carbons (Fsp3) is 0.833. The molecule has 1 aliphatic heterocycles. The molecule has 1 N–H and O–H groups in total. The number of hydrogen-bond donors (Lipinski definition) is 1. The van der Waals surface area contributed by atoms with Crippen molar-refractivity contribution in [3.05, 3.63) is 12.7 Å². The summed E-state index contributed by atoms with van der Waals surface area (Å²) in [4.78, 5) is 14.1. The first kappa shape index (κ1) is 19.0. The van der Waals surface area contributed by atoms with E-state index in [2.05, 4.69) is 25.7 Å². The van der Waals surface area contributed by atoms with Crippen LogP contribution in [0.25, 0.3) is 0 Å². The van der Waals surface area contributed by atoms with Crippen LogP contribution >= 0.6 is 0 Å². The topological polar surface area (TPSA) is 41.6 Å². The maximum Gasteiger partial charge on any atom is 0.410 e. The molecule has 128 valence electrons. The highest BCUT2D eigenvalue weighted by molar-refractivity contribution is 5.68. The van der Waals surface area contributed by atoms with Crippen LogP contribution in [0.4, 0.5) is 4.79 Å². The van der Waals surface area contributed by atoms with Crippen molar-refractivity contribution in [3.63, 3.8) is 0 Å². The number of piperidine rings is 1. The van der Waals surface area contributed by atoms with Crippen LogP contribution in [-0.4, -0.2) is 41.8 Å². The van der Waals surface area contributed by atoms with Gasteiger partial charge in [-0.2, -0.15) is 0 Å². The summed E-state index contributed by atoms with van der Waals surface area (Å²) in [6.45, 7) is 15.6. The van der Waals surface area contributed by atoms with Crippen LogP contribution in [0.15, 0.2) is 12.7 Å². The average Bonchev–Trinajstić information content (AvgIpc) is 2.43. The standard InChI is InChI=1S/C18H34N2O2/c1-7-8-10-14(2)19-15(3)16-11-9-12-20(13-16)17(21)22-18(4,5)6/h7,14-16,19H,1,8-13H2,2-6H3. The van der Waals surface area contributed by atoms with Gasteiger partial charge in [0.1, 0.15) is 5.60 Å². The van der Waals surface area contributed by atoms with E-state index in [0.29, 0.717) is 18.0 Å². The number of amides is 1. The van der Waals surface area contributed by atoms with Crippen molar-refractivity contribution < 1.29 is 9.53 Å². The molecule has 0 bridgehead atoms. The zero-order valence-electron chi connectivity index (χ0n) is 15.0. The van der Waals surface area contributed by atoms with Crippen LogP contribution in [0.5, 0.6) is 0 Å². The molecular weight excluding hydrogens is 276 g/mol. The van der Waals surface area contributed by atoms with E-state index in [1.165, 1.54) is 6.42 Å². The molecule has 0 spiro atoms. The second-order valence-electron chi connectivity index (χ2n) is 7.55. The zero-order valence-corrected chi connectivity index (χ0v) is 15.0. The van der Waals surface area contributed by atoms with Crippen LogP contribution in [0, 0.1) is 5.92 Å². The predicted octanol–water partition coefficient (Wildman–Crippen LogP) is 3.97. The number of carbonyl (C=O) groups excluding carboxylic acids is 1. The van der Waals surface area contributed by atoms with Crippen LogP contribution in [0.3, 0.4) is 0 Å². The van der Waals surface area contributed by atoms with Gasteiger partial charge in [-0.3, -0.25) is 0 Å². The highest BCUT2D eigenvalue weighted by atomic mass is 16.6. The second-order valence-corrected chi connectivity index (χ2v) is 7.55. The van der Waals surface area contributed by atoms with E-state index in [1.54, 1.807) is 0 Å². The number of likely N-dealkylation sites (tertiary alicyclic amines) is 1. The lowest BCUT2D eigenvalue weighted by atomic mass is 9.91. The van der Waals surface area contributed by atoms with Crippen LogP contribution < -0.4 is 5.32 Å². The Morgan fingerprint density at radius 1 is 1.45 bits per heavy atom. The van der Waals surface area contributed by atoms with Crippen molar-refractivity contribution >= 4 is 6.09 Å². The highest BCUT2D eigenvalue weighted by Gasteiger charge is 2.30. The maximum absolute atomic E-state index is 12.2. The maximum atomic E-state index is 12.2. The van der Waals surface area contributed by atoms with Gasteiger partial charge in [0.25, 0.3) is 0 Å². The lowest BCUT2D eigenvalue weighted by Gasteiger charge is -2.37. The second kappa shape index (κ2) is 8.56. The van der Waals surface area contributed by atoms with Crippen molar-refractivity contribution in [1.29, 1.82) is 0 Å². The van der Waals surface area contributed by atoms with Gasteiger partial charge in [-0.1, -0.05) is 6.08 Å². The molecule has 3 unspecified atom stereocenters. The van der Waals surface area contributed by atoms with E-state index in [1.807, 2.05) is 31.7 Å². The Morgan fingerprint density at radius 2 is 2.14 bits per heavy atom. The third-order valence-corrected chi connectivity index (χ3v) is 4.17. The summed E-state index contributed by atoms with van der Waals surface area (Å²) < 4.78 is 5.49. The lowest BCUT2D eigenvalue weighted by Crippen LogP contribution is -2.49. The fourth-order valence-corrected chi connectivity index (χ4v) is 2.95. The molecular formula is C18H34N2O2. The Hall–Kier alpha value is -1.03. The molecule has 0 saturated carbocycles. The molecule has 1 saturated heterocycles. The van der Waals surface area contributed by atoms with E-state index >= 15 is 0 Å². The molecule has 1 heterocycles. The molecule has 0 radical (unpaired) electrons. The van der Waals surface area contributed by atoms with Crippen molar-refractivity contribution in [1.82, 2.24) is 10.2 Å². The van der Waals surface area contributed by atoms with Crippen molar-refractivity contribution in [2.24, 2.45) is 5.92 Å². The third-order valence-electron chi connectivity index (χ3n) is 4.17. The molecule has 22 heavy (non-hydrogen) atoms. The van der Waals surface area contributed by atoms with Gasteiger partial charge in [-0.05, 0) is 66.2 Å². The van der Waals surface area contributed by atoms with Gasteiger partial charge in [0.15, 0.2) is 0 Å². The van der Waals surface area contributed by atoms with E-state index in [0.717, 1.165) is 32.4 Å². The van der Waals surface area contributed by atoms with Gasteiger partial charge < -0.3 is 15.0 Å². The summed E-state index contributed by atoms with van der Waals surface area (Å²) in [6, 6.07) is 0.884. The summed E-state index contributed by atoms with van der Waals surface area (Å²) >= 11 is 0. The number of ether oxygens (including phenoxy) is 1. The highest BCUT2D eigenvalue weighted by Crippen LogP contribution is 2.22. The van der Waals surface area contributed by atoms with Gasteiger partial charge in [-0.15, -0.1) is 6.58 Å². The van der Waals surface area contributed by atoms with Crippen molar-refractivity contribution in [3.8, 4) is 0 Å². The molecule has 3 atom stereocenters. The molecule has 1 aliphatic rings. The Labute approximate surface area is 136 Å². The number of allylic oxidation sites excluding steroid dienone is 1. The molecule has 0 aromatic heterocycles. The molecule has 4 nitrogen and oxygen atoms in total. The summed E-state index contributed by atoms with van der Waals surface area (Å²) in [6.07, 6.45) is 6.15. The first-order chi connectivity index (χ1) is 10.2. The minimum atomic E-state index is -0.424. The minimum absolute atomic E-state index is 0.177. The zero-order chi connectivity index (χ0) is 16.8. The normalized spacial score (nSPS) is 22.0. The SMILES string of the molecule is C=CCCC(C)NC(C)C1CCCN(C(=O)OC(C)(C)C)C1. The van der Waals surface area contributed by atoms with E-state index in [-0.39, 0.29) is 6.09 Å². The first-order valence-corrected chi connectivity index (χ1v) is 8.58. The number of hydrogen-bond acceptors (Lipinski definition) is 3. The number of carbonyl (C=O) groups is 1. The molecule has 1 amide bonds. The summed E-state index contributed by atoms with van der Waals surface area (Å²) in [5.41, 5.74) is -0.424. The first-order valence-electron chi connectivity index (χ1n) is 8.58. The summed E-state index contributed by atoms with van der Waals surface area (Å²) in [7, 11) is 0. The average molecular weight is 310 g/mol. The largest absolute Gasteiger partial charge is 0.444 e. The fourth-order valence-electron chi connectivity index (χ4n) is 2.95. The quantitative estimate of drug-likeness (QED) is 0.755. The smallest absolute Gasteiger partial charge is 0.410 e. The monoisotopic (exact) mass is 310 g/mol. The predicted molar refractivity (Wildman–Crippen MR) is 92.0 cm³/mol. The number of nitrogens with zero attached hydrogens (tertiary/aromatic N) is 1. The Morgan fingerprint density at radius 3 is 2.73 bits per heavy atom. The molecule has 4 heteroatoms. The Balaban J connectivity index is 2.48. The number of rotatable bonds is 6. The molecule has 0 aliphatic carbocycles. The van der Waals surface area contributed by atoms with E-state index in [9.17, 15) is 4.79 Å². The molecule has 0 aromatic rings. The minimum Gasteiger partial charge on any atom is -0.444 e. The number of nitrogens with one attached hydrogen (secondary N) is 1. The Kier molecular flexibility index (Phi) is 7.40. The van der Waals surface area contributed by atoms with Gasteiger partial charge in [-0.25, -0.2) is 4.79 Å². The van der Waals surface area contributed by atoms with Gasteiger partial charge >= 0.3 is 6.09 Å². The molecule has 0 aromatic carbocycles.